The molecule has 2 fully saturated rings. The fraction of sp³-hybridized carbons (Fsp3) is 0.632. The summed E-state index contributed by atoms with van der Waals surface area (Å²) in [5.74, 6) is -0.886. The molecule has 2 aliphatic carbocycles. The highest BCUT2D eigenvalue weighted by molar-refractivity contribution is 5.79. The van der Waals surface area contributed by atoms with Crippen LogP contribution < -0.4 is 5.32 Å². The van der Waals surface area contributed by atoms with E-state index < -0.39 is 17.0 Å². The summed E-state index contributed by atoms with van der Waals surface area (Å²) in [5.41, 5.74) is 0.00788. The van der Waals surface area contributed by atoms with Gasteiger partial charge < -0.3 is 5.32 Å². The molecule has 0 aliphatic heterocycles. The lowest BCUT2D eigenvalue weighted by atomic mass is 9.86. The molecule has 23 heavy (non-hydrogen) atoms. The zero-order chi connectivity index (χ0) is 16.7. The predicted molar refractivity (Wildman–Crippen MR) is 86.0 cm³/mol. The minimum atomic E-state index is -0.564. The van der Waals surface area contributed by atoms with E-state index in [9.17, 15) is 13.6 Å². The van der Waals surface area contributed by atoms with E-state index in [4.69, 9.17) is 0 Å². The van der Waals surface area contributed by atoms with E-state index in [0.29, 0.717) is 12.1 Å². The molecule has 4 heteroatoms. The molecule has 1 unspecified atom stereocenters. The third-order valence-corrected chi connectivity index (χ3v) is 5.90. The number of carbonyl (C=O) groups is 1. The molecule has 2 aliphatic rings. The molecule has 3 rings (SSSR count). The van der Waals surface area contributed by atoms with Crippen molar-refractivity contribution in [2.45, 2.75) is 57.8 Å². The van der Waals surface area contributed by atoms with Crippen LogP contribution in [0.15, 0.2) is 18.2 Å². The van der Waals surface area contributed by atoms with Crippen LogP contribution in [0.4, 0.5) is 8.78 Å². The van der Waals surface area contributed by atoms with Crippen molar-refractivity contribution in [3.8, 4) is 0 Å². The molecule has 1 aromatic rings. The molecule has 0 radical (unpaired) electrons. The van der Waals surface area contributed by atoms with Gasteiger partial charge in [-0.2, -0.15) is 0 Å². The third kappa shape index (κ3) is 3.00. The fourth-order valence-electron chi connectivity index (χ4n) is 4.19. The van der Waals surface area contributed by atoms with Gasteiger partial charge in [-0.15, -0.1) is 0 Å². The van der Waals surface area contributed by atoms with Crippen LogP contribution in [0.5, 0.6) is 0 Å². The topological polar surface area (TPSA) is 29.1 Å². The monoisotopic (exact) mass is 321 g/mol. The van der Waals surface area contributed by atoms with Gasteiger partial charge in [-0.3, -0.25) is 4.79 Å². The molecular weight excluding hydrogens is 296 g/mol. The van der Waals surface area contributed by atoms with Gasteiger partial charge in [0.1, 0.15) is 11.6 Å². The van der Waals surface area contributed by atoms with Crippen LogP contribution in [0.1, 0.15) is 57.9 Å². The minimum absolute atomic E-state index is 0.0918. The number of hydrogen-bond donors (Lipinski definition) is 1. The second kappa shape index (κ2) is 5.88. The summed E-state index contributed by atoms with van der Waals surface area (Å²) in [6, 6.07) is 3.78. The number of amides is 1. The number of nitrogens with one attached hydrogen (secondary N) is 1. The molecule has 126 valence electrons. The van der Waals surface area contributed by atoms with Gasteiger partial charge in [0, 0.05) is 23.9 Å². The Kier molecular flexibility index (Phi) is 4.19. The summed E-state index contributed by atoms with van der Waals surface area (Å²) < 4.78 is 27.5. The quantitative estimate of drug-likeness (QED) is 0.879. The van der Waals surface area contributed by atoms with Crippen molar-refractivity contribution >= 4 is 5.91 Å². The molecule has 1 N–H and O–H groups in total. The van der Waals surface area contributed by atoms with Crippen molar-refractivity contribution in [2.24, 2.45) is 11.3 Å². The second-order valence-electron chi connectivity index (χ2n) is 7.82. The number of hydrogen-bond acceptors (Lipinski definition) is 1. The molecule has 2 saturated carbocycles. The van der Waals surface area contributed by atoms with Gasteiger partial charge in [0.05, 0.1) is 0 Å². The van der Waals surface area contributed by atoms with E-state index in [1.807, 2.05) is 0 Å². The van der Waals surface area contributed by atoms with E-state index in [0.717, 1.165) is 38.2 Å². The largest absolute Gasteiger partial charge is 0.355 e. The molecule has 0 aromatic heterocycles. The predicted octanol–water partition coefficient (Wildman–Crippen LogP) is 4.33. The van der Waals surface area contributed by atoms with E-state index in [1.54, 1.807) is 0 Å². The molecule has 0 saturated heterocycles. The summed E-state index contributed by atoms with van der Waals surface area (Å²) in [6.07, 6.45) is 6.14. The summed E-state index contributed by atoms with van der Waals surface area (Å²) in [7, 11) is 0. The first-order chi connectivity index (χ1) is 10.9. The van der Waals surface area contributed by atoms with Gasteiger partial charge in [0.25, 0.3) is 0 Å². The Hall–Kier alpha value is -1.45. The van der Waals surface area contributed by atoms with Crippen LogP contribution in [0.25, 0.3) is 0 Å². The molecule has 0 heterocycles. The maximum absolute atomic E-state index is 14.3. The van der Waals surface area contributed by atoms with Gasteiger partial charge in [-0.25, -0.2) is 8.78 Å². The van der Waals surface area contributed by atoms with Crippen molar-refractivity contribution in [1.29, 1.82) is 0 Å². The first-order valence-electron chi connectivity index (χ1n) is 8.59. The third-order valence-electron chi connectivity index (χ3n) is 5.90. The van der Waals surface area contributed by atoms with Crippen LogP contribution in [-0.2, 0) is 10.2 Å². The SMILES string of the molecule is CC1(C)CC1(CNC(=O)C1CCCCC1)c1ccc(F)cc1F. The number of halogens is 2. The van der Waals surface area contributed by atoms with Crippen molar-refractivity contribution in [3.63, 3.8) is 0 Å². The number of rotatable bonds is 4. The van der Waals surface area contributed by atoms with Gasteiger partial charge in [0.15, 0.2) is 0 Å². The van der Waals surface area contributed by atoms with E-state index in [1.165, 1.54) is 18.6 Å². The molecule has 2 nitrogen and oxygen atoms in total. The average molecular weight is 321 g/mol. The lowest BCUT2D eigenvalue weighted by molar-refractivity contribution is -0.126. The number of carbonyl (C=O) groups excluding carboxylic acids is 1. The second-order valence-corrected chi connectivity index (χ2v) is 7.82. The molecule has 0 spiro atoms. The number of benzene rings is 1. The van der Waals surface area contributed by atoms with Gasteiger partial charge in [-0.1, -0.05) is 39.2 Å². The van der Waals surface area contributed by atoms with Crippen molar-refractivity contribution in [3.05, 3.63) is 35.4 Å². The normalized spacial score (nSPS) is 26.8. The zero-order valence-electron chi connectivity index (χ0n) is 13.9. The molecule has 1 amide bonds. The minimum Gasteiger partial charge on any atom is -0.355 e. The highest BCUT2D eigenvalue weighted by atomic mass is 19.1. The van der Waals surface area contributed by atoms with Crippen LogP contribution in [-0.4, -0.2) is 12.5 Å². The van der Waals surface area contributed by atoms with Gasteiger partial charge in [0.2, 0.25) is 5.91 Å². The fourth-order valence-corrected chi connectivity index (χ4v) is 4.19. The smallest absolute Gasteiger partial charge is 0.223 e. The van der Waals surface area contributed by atoms with Crippen LogP contribution in [0, 0.1) is 23.0 Å². The molecule has 1 atom stereocenters. The van der Waals surface area contributed by atoms with Crippen molar-refractivity contribution in [1.82, 2.24) is 5.32 Å². The standard InChI is InChI=1S/C19H25F2NO/c1-18(2)11-19(18,15-9-8-14(20)10-16(15)21)12-22-17(23)13-6-4-3-5-7-13/h8-10,13H,3-7,11-12H2,1-2H3,(H,22,23). The van der Waals surface area contributed by atoms with Crippen molar-refractivity contribution in [2.75, 3.05) is 6.54 Å². The van der Waals surface area contributed by atoms with Crippen molar-refractivity contribution < 1.29 is 13.6 Å². The maximum Gasteiger partial charge on any atom is 0.223 e. The summed E-state index contributed by atoms with van der Waals surface area (Å²) >= 11 is 0. The summed E-state index contributed by atoms with van der Waals surface area (Å²) in [4.78, 5) is 12.4. The highest BCUT2D eigenvalue weighted by Gasteiger charge is 2.62. The summed E-state index contributed by atoms with van der Waals surface area (Å²) in [5, 5.41) is 3.05. The van der Waals surface area contributed by atoms with Gasteiger partial charge in [-0.05, 0) is 36.3 Å². The lowest BCUT2D eigenvalue weighted by Gasteiger charge is -2.25. The van der Waals surface area contributed by atoms with Crippen LogP contribution in [0.2, 0.25) is 0 Å². The molecule has 0 bridgehead atoms. The Morgan fingerprint density at radius 3 is 2.43 bits per heavy atom. The molecule has 1 aromatic carbocycles. The Morgan fingerprint density at radius 2 is 1.87 bits per heavy atom. The van der Waals surface area contributed by atoms with Crippen LogP contribution in [0.3, 0.4) is 0 Å². The Labute approximate surface area is 136 Å². The van der Waals surface area contributed by atoms with Crippen LogP contribution >= 0.6 is 0 Å². The first kappa shape index (κ1) is 16.4. The first-order valence-corrected chi connectivity index (χ1v) is 8.59. The maximum atomic E-state index is 14.3. The van der Waals surface area contributed by atoms with E-state index in [2.05, 4.69) is 19.2 Å². The lowest BCUT2D eigenvalue weighted by Crippen LogP contribution is -2.39. The summed E-state index contributed by atoms with van der Waals surface area (Å²) in [6.45, 7) is 4.57. The zero-order valence-corrected chi connectivity index (χ0v) is 13.9. The average Bonchev–Trinajstić information content (AvgIpc) is 3.08. The molecular formula is C19H25F2NO. The van der Waals surface area contributed by atoms with E-state index >= 15 is 0 Å². The highest BCUT2D eigenvalue weighted by Crippen LogP contribution is 2.64. The van der Waals surface area contributed by atoms with Gasteiger partial charge >= 0.3 is 0 Å². The van der Waals surface area contributed by atoms with E-state index in [-0.39, 0.29) is 17.2 Å². The Morgan fingerprint density at radius 1 is 1.22 bits per heavy atom. The Balaban J connectivity index is 1.73. The Bertz CT molecular complexity index is 607.